The van der Waals surface area contributed by atoms with Crippen LogP contribution in [0.4, 0.5) is 0 Å². The number of carbonyl (C=O) groups is 1. The largest absolute Gasteiger partial charge is 0.495 e. The van der Waals surface area contributed by atoms with Crippen molar-refractivity contribution < 1.29 is 22.7 Å². The number of aryl methyl sites for hydroxylation is 1. The predicted octanol–water partition coefficient (Wildman–Crippen LogP) is 3.25. The molecule has 0 fully saturated rings. The van der Waals surface area contributed by atoms with E-state index in [0.717, 1.165) is 5.56 Å². The monoisotopic (exact) mass is 377 g/mol. The first-order valence-electron chi connectivity index (χ1n) is 8.30. The van der Waals surface area contributed by atoms with Crippen LogP contribution in [0.3, 0.4) is 0 Å². The molecule has 0 aromatic heterocycles. The zero-order valence-corrected chi connectivity index (χ0v) is 16.2. The smallest absolute Gasteiger partial charge is 0.343 e. The highest BCUT2D eigenvalue weighted by Gasteiger charge is 2.27. The highest BCUT2D eigenvalue weighted by atomic mass is 32.2. The highest BCUT2D eigenvalue weighted by molar-refractivity contribution is 7.89. The number of rotatable bonds is 7. The lowest BCUT2D eigenvalue weighted by Gasteiger charge is -2.20. The van der Waals surface area contributed by atoms with Crippen molar-refractivity contribution in [3.05, 3.63) is 53.6 Å². The fraction of sp³-hybridized carbons (Fsp3) is 0.316. The van der Waals surface area contributed by atoms with Crippen LogP contribution in [0.1, 0.15) is 29.8 Å². The fourth-order valence-electron chi connectivity index (χ4n) is 2.48. The van der Waals surface area contributed by atoms with Crippen molar-refractivity contribution in [1.82, 2.24) is 4.31 Å². The highest BCUT2D eigenvalue weighted by Crippen LogP contribution is 2.28. The Hall–Kier alpha value is -2.38. The molecule has 0 saturated carbocycles. The van der Waals surface area contributed by atoms with Crippen molar-refractivity contribution in [2.24, 2.45) is 0 Å². The average molecular weight is 377 g/mol. The van der Waals surface area contributed by atoms with Crippen molar-refractivity contribution in [2.45, 2.75) is 25.7 Å². The molecular formula is C19H23NO5S. The van der Waals surface area contributed by atoms with Crippen LogP contribution in [0.15, 0.2) is 47.4 Å². The second-order valence-corrected chi connectivity index (χ2v) is 7.56. The molecule has 0 spiro atoms. The summed E-state index contributed by atoms with van der Waals surface area (Å²) in [6.45, 7) is 6.07. The zero-order valence-electron chi connectivity index (χ0n) is 15.4. The molecule has 0 N–H and O–H groups in total. The minimum atomic E-state index is -3.78. The lowest BCUT2D eigenvalue weighted by molar-refractivity contribution is 0.0734. The summed E-state index contributed by atoms with van der Waals surface area (Å²) in [5.74, 6) is -0.0548. The summed E-state index contributed by atoms with van der Waals surface area (Å²) < 4.78 is 37.5. The Labute approximate surface area is 154 Å². The first kappa shape index (κ1) is 19.9. The Balaban J connectivity index is 2.39. The Bertz CT molecular complexity index is 871. The van der Waals surface area contributed by atoms with Gasteiger partial charge in [0.25, 0.3) is 0 Å². The molecule has 2 rings (SSSR count). The maximum absolute atomic E-state index is 12.8. The lowest BCUT2D eigenvalue weighted by Crippen LogP contribution is -2.31. The molecule has 0 radical (unpaired) electrons. The minimum absolute atomic E-state index is 0.0537. The molecule has 26 heavy (non-hydrogen) atoms. The second-order valence-electron chi connectivity index (χ2n) is 5.66. The Kier molecular flexibility index (Phi) is 6.39. The van der Waals surface area contributed by atoms with Crippen LogP contribution in [-0.4, -0.2) is 38.9 Å². The maximum atomic E-state index is 12.8. The number of carbonyl (C=O) groups excluding carboxylic acids is 1. The molecule has 2 aromatic rings. The molecule has 0 aliphatic heterocycles. The summed E-state index contributed by atoms with van der Waals surface area (Å²) in [5.41, 5.74) is 1.18. The molecule has 0 unspecified atom stereocenters. The first-order chi connectivity index (χ1) is 12.3. The van der Waals surface area contributed by atoms with E-state index in [1.807, 2.05) is 19.1 Å². The number of ether oxygens (including phenoxy) is 2. The summed E-state index contributed by atoms with van der Waals surface area (Å²) >= 11 is 0. The van der Waals surface area contributed by atoms with Crippen molar-refractivity contribution in [3.8, 4) is 11.5 Å². The molecule has 0 atom stereocenters. The van der Waals surface area contributed by atoms with Gasteiger partial charge in [-0.05, 0) is 37.3 Å². The summed E-state index contributed by atoms with van der Waals surface area (Å²) in [6, 6.07) is 11.3. The number of benzene rings is 2. The van der Waals surface area contributed by atoms with Gasteiger partial charge in [0.1, 0.15) is 16.4 Å². The molecule has 0 saturated heterocycles. The molecule has 0 aliphatic rings. The molecule has 140 valence electrons. The zero-order chi connectivity index (χ0) is 19.3. The molecule has 0 aliphatic carbocycles. The van der Waals surface area contributed by atoms with E-state index in [1.54, 1.807) is 26.0 Å². The average Bonchev–Trinajstić information content (AvgIpc) is 2.63. The van der Waals surface area contributed by atoms with Gasteiger partial charge in [0.05, 0.1) is 12.7 Å². The van der Waals surface area contributed by atoms with Gasteiger partial charge in [-0.1, -0.05) is 31.5 Å². The van der Waals surface area contributed by atoms with Gasteiger partial charge in [0.15, 0.2) is 0 Å². The van der Waals surface area contributed by atoms with E-state index in [1.165, 1.54) is 29.6 Å². The van der Waals surface area contributed by atoms with Gasteiger partial charge in [-0.15, -0.1) is 0 Å². The SMILES string of the molecule is CCN(CC)S(=O)(=O)c1cc(C(=O)Oc2ccc(C)cc2)ccc1OC. The topological polar surface area (TPSA) is 72.9 Å². The third-order valence-electron chi connectivity index (χ3n) is 3.95. The van der Waals surface area contributed by atoms with Crippen molar-refractivity contribution in [3.63, 3.8) is 0 Å². The first-order valence-corrected chi connectivity index (χ1v) is 9.74. The minimum Gasteiger partial charge on any atom is -0.495 e. The molecule has 2 aromatic carbocycles. The summed E-state index contributed by atoms with van der Waals surface area (Å²) in [4.78, 5) is 12.4. The number of nitrogens with zero attached hydrogens (tertiary/aromatic N) is 1. The van der Waals surface area contributed by atoms with Crippen molar-refractivity contribution in [2.75, 3.05) is 20.2 Å². The number of hydrogen-bond donors (Lipinski definition) is 0. The molecule has 0 bridgehead atoms. The van der Waals surface area contributed by atoms with E-state index in [2.05, 4.69) is 0 Å². The predicted molar refractivity (Wildman–Crippen MR) is 99.2 cm³/mol. The van der Waals surface area contributed by atoms with E-state index < -0.39 is 16.0 Å². The molecule has 0 amide bonds. The second kappa shape index (κ2) is 8.33. The van der Waals surface area contributed by atoms with E-state index in [-0.39, 0.29) is 16.2 Å². The Morgan fingerprint density at radius 3 is 2.19 bits per heavy atom. The van der Waals surface area contributed by atoms with Crippen LogP contribution < -0.4 is 9.47 Å². The van der Waals surface area contributed by atoms with Crippen molar-refractivity contribution in [1.29, 1.82) is 0 Å². The molecule has 6 nitrogen and oxygen atoms in total. The van der Waals surface area contributed by atoms with Gasteiger partial charge in [-0.3, -0.25) is 0 Å². The van der Waals surface area contributed by atoms with Gasteiger partial charge in [0, 0.05) is 13.1 Å². The quantitative estimate of drug-likeness (QED) is 0.547. The van der Waals surface area contributed by atoms with E-state index in [4.69, 9.17) is 9.47 Å². The summed E-state index contributed by atoms with van der Waals surface area (Å²) in [6.07, 6.45) is 0. The van der Waals surface area contributed by atoms with Crippen LogP contribution in [-0.2, 0) is 10.0 Å². The molecule has 7 heteroatoms. The van der Waals surface area contributed by atoms with Crippen LogP contribution in [0.2, 0.25) is 0 Å². The molecule has 0 heterocycles. The van der Waals surface area contributed by atoms with Crippen LogP contribution >= 0.6 is 0 Å². The Morgan fingerprint density at radius 2 is 1.65 bits per heavy atom. The third kappa shape index (κ3) is 4.23. The number of sulfonamides is 1. The number of esters is 1. The Morgan fingerprint density at radius 1 is 1.04 bits per heavy atom. The standard InChI is InChI=1S/C19H23NO5S/c1-5-20(6-2)26(22,23)18-13-15(9-12-17(18)24-4)19(21)25-16-10-7-14(3)8-11-16/h7-13H,5-6H2,1-4H3. The normalized spacial score (nSPS) is 11.4. The van der Waals surface area contributed by atoms with Crippen molar-refractivity contribution >= 4 is 16.0 Å². The van der Waals surface area contributed by atoms with Gasteiger partial charge in [0.2, 0.25) is 10.0 Å². The summed E-state index contributed by atoms with van der Waals surface area (Å²) in [5, 5.41) is 0. The third-order valence-corrected chi connectivity index (χ3v) is 6.03. The van der Waals surface area contributed by atoms with Crippen LogP contribution in [0, 0.1) is 6.92 Å². The van der Waals surface area contributed by atoms with Gasteiger partial charge < -0.3 is 9.47 Å². The van der Waals surface area contributed by atoms with Crippen LogP contribution in [0.5, 0.6) is 11.5 Å². The van der Waals surface area contributed by atoms with Gasteiger partial charge in [-0.2, -0.15) is 4.31 Å². The van der Waals surface area contributed by atoms with Crippen LogP contribution in [0.25, 0.3) is 0 Å². The van der Waals surface area contributed by atoms with E-state index in [9.17, 15) is 13.2 Å². The molecular weight excluding hydrogens is 354 g/mol. The van der Waals surface area contributed by atoms with E-state index in [0.29, 0.717) is 18.8 Å². The van der Waals surface area contributed by atoms with Gasteiger partial charge >= 0.3 is 5.97 Å². The van der Waals surface area contributed by atoms with E-state index >= 15 is 0 Å². The number of hydrogen-bond acceptors (Lipinski definition) is 5. The maximum Gasteiger partial charge on any atom is 0.343 e. The lowest BCUT2D eigenvalue weighted by atomic mass is 10.2. The van der Waals surface area contributed by atoms with Gasteiger partial charge in [-0.25, -0.2) is 13.2 Å². The summed E-state index contributed by atoms with van der Waals surface area (Å²) in [7, 11) is -2.39. The number of methoxy groups -OCH3 is 1. The fourth-order valence-corrected chi connectivity index (χ4v) is 4.12.